The van der Waals surface area contributed by atoms with E-state index in [1.165, 1.54) is 11.3 Å². The summed E-state index contributed by atoms with van der Waals surface area (Å²) in [6.07, 6.45) is 0. The molecule has 3 aromatic rings. The molecule has 0 saturated heterocycles. The molecule has 0 radical (unpaired) electrons. The fourth-order valence-electron chi connectivity index (χ4n) is 2.27. The van der Waals surface area contributed by atoms with Crippen molar-refractivity contribution in [3.05, 3.63) is 54.1 Å². The van der Waals surface area contributed by atoms with Crippen LogP contribution < -0.4 is 14.8 Å². The molecule has 0 aliphatic rings. The Bertz CT molecular complexity index is 879. The normalized spacial score (nSPS) is 10.3. The number of methoxy groups -OCH3 is 1. The van der Waals surface area contributed by atoms with Gasteiger partial charge in [0.1, 0.15) is 11.5 Å². The summed E-state index contributed by atoms with van der Waals surface area (Å²) >= 11 is 1.29. The highest BCUT2D eigenvalue weighted by Crippen LogP contribution is 2.33. The van der Waals surface area contributed by atoms with Crippen LogP contribution in [0.3, 0.4) is 0 Å². The van der Waals surface area contributed by atoms with E-state index in [9.17, 15) is 4.79 Å². The standard InChI is InChI=1S/C18H17N3O3S/c1-3-24-13-8-6-7-12(11-13)16(22)19-18-21-20-17(25-18)14-9-4-5-10-15(14)23-2/h4-11H,3H2,1-2H3,(H,19,21,22). The van der Waals surface area contributed by atoms with Crippen LogP contribution in [-0.2, 0) is 0 Å². The van der Waals surface area contributed by atoms with Gasteiger partial charge in [-0.25, -0.2) is 0 Å². The van der Waals surface area contributed by atoms with Crippen LogP contribution in [0.1, 0.15) is 17.3 Å². The topological polar surface area (TPSA) is 73.3 Å². The zero-order valence-electron chi connectivity index (χ0n) is 13.9. The van der Waals surface area contributed by atoms with Gasteiger partial charge < -0.3 is 9.47 Å². The third-order valence-electron chi connectivity index (χ3n) is 3.39. The minimum absolute atomic E-state index is 0.260. The van der Waals surface area contributed by atoms with E-state index in [0.29, 0.717) is 33.8 Å². The second-order valence-electron chi connectivity index (χ2n) is 5.03. The van der Waals surface area contributed by atoms with E-state index < -0.39 is 0 Å². The Kier molecular flexibility index (Phi) is 5.25. The third-order valence-corrected chi connectivity index (χ3v) is 4.26. The molecule has 2 aromatic carbocycles. The summed E-state index contributed by atoms with van der Waals surface area (Å²) in [4.78, 5) is 12.4. The maximum absolute atomic E-state index is 12.4. The van der Waals surface area contributed by atoms with Crippen molar-refractivity contribution in [1.82, 2.24) is 10.2 Å². The molecule has 0 atom stereocenters. The molecule has 1 amide bonds. The number of benzene rings is 2. The van der Waals surface area contributed by atoms with Gasteiger partial charge in [0.2, 0.25) is 5.13 Å². The first-order chi connectivity index (χ1) is 12.2. The van der Waals surface area contributed by atoms with E-state index in [1.54, 1.807) is 25.3 Å². The first kappa shape index (κ1) is 16.9. The first-order valence-corrected chi connectivity index (χ1v) is 8.54. The van der Waals surface area contributed by atoms with Gasteiger partial charge in [0, 0.05) is 5.56 Å². The van der Waals surface area contributed by atoms with Crippen molar-refractivity contribution in [2.24, 2.45) is 0 Å². The maximum Gasteiger partial charge on any atom is 0.257 e. The molecule has 128 valence electrons. The summed E-state index contributed by atoms with van der Waals surface area (Å²) in [6, 6.07) is 14.5. The van der Waals surface area contributed by atoms with Crippen molar-refractivity contribution < 1.29 is 14.3 Å². The molecule has 0 aliphatic carbocycles. The van der Waals surface area contributed by atoms with E-state index in [1.807, 2.05) is 37.3 Å². The molecule has 0 unspecified atom stereocenters. The Morgan fingerprint density at radius 1 is 1.16 bits per heavy atom. The van der Waals surface area contributed by atoms with Crippen LogP contribution in [0.15, 0.2) is 48.5 Å². The van der Waals surface area contributed by atoms with Gasteiger partial charge in [-0.05, 0) is 37.3 Å². The Labute approximate surface area is 149 Å². The Balaban J connectivity index is 1.77. The van der Waals surface area contributed by atoms with Crippen LogP contribution in [0.5, 0.6) is 11.5 Å². The lowest BCUT2D eigenvalue weighted by Crippen LogP contribution is -2.11. The number of aromatic nitrogens is 2. The third kappa shape index (κ3) is 3.95. The summed E-state index contributed by atoms with van der Waals surface area (Å²) < 4.78 is 10.7. The zero-order valence-corrected chi connectivity index (χ0v) is 14.7. The highest BCUT2D eigenvalue weighted by molar-refractivity contribution is 7.18. The van der Waals surface area contributed by atoms with Crippen LogP contribution in [-0.4, -0.2) is 29.8 Å². The highest BCUT2D eigenvalue weighted by Gasteiger charge is 2.14. The second kappa shape index (κ2) is 7.76. The lowest BCUT2D eigenvalue weighted by Gasteiger charge is -2.05. The number of nitrogens with one attached hydrogen (secondary N) is 1. The Morgan fingerprint density at radius 3 is 2.80 bits per heavy atom. The predicted molar refractivity (Wildman–Crippen MR) is 97.5 cm³/mol. The molecule has 7 heteroatoms. The van der Waals surface area contributed by atoms with Crippen LogP contribution >= 0.6 is 11.3 Å². The minimum Gasteiger partial charge on any atom is -0.496 e. The summed E-state index contributed by atoms with van der Waals surface area (Å²) in [7, 11) is 1.61. The molecule has 3 rings (SSSR count). The van der Waals surface area contributed by atoms with Crippen molar-refractivity contribution in [2.45, 2.75) is 6.92 Å². The van der Waals surface area contributed by atoms with Crippen molar-refractivity contribution in [3.63, 3.8) is 0 Å². The smallest absolute Gasteiger partial charge is 0.257 e. The fourth-order valence-corrected chi connectivity index (χ4v) is 3.04. The molecule has 6 nitrogen and oxygen atoms in total. The van der Waals surface area contributed by atoms with Crippen LogP contribution in [0.25, 0.3) is 10.6 Å². The molecule has 25 heavy (non-hydrogen) atoms. The number of rotatable bonds is 6. The van der Waals surface area contributed by atoms with E-state index in [-0.39, 0.29) is 5.91 Å². The summed E-state index contributed by atoms with van der Waals surface area (Å²) in [5.74, 6) is 1.10. The maximum atomic E-state index is 12.4. The van der Waals surface area contributed by atoms with E-state index in [4.69, 9.17) is 9.47 Å². The Morgan fingerprint density at radius 2 is 2.00 bits per heavy atom. The van der Waals surface area contributed by atoms with Crippen LogP contribution in [0, 0.1) is 0 Å². The van der Waals surface area contributed by atoms with Crippen LogP contribution in [0.2, 0.25) is 0 Å². The number of carbonyl (C=O) groups excluding carboxylic acids is 1. The number of nitrogens with zero attached hydrogens (tertiary/aromatic N) is 2. The number of carbonyl (C=O) groups is 1. The van der Waals surface area contributed by atoms with Crippen molar-refractivity contribution in [2.75, 3.05) is 19.0 Å². The number of ether oxygens (including phenoxy) is 2. The molecule has 1 N–H and O–H groups in total. The van der Waals surface area contributed by atoms with E-state index in [2.05, 4.69) is 15.5 Å². The quantitative estimate of drug-likeness (QED) is 0.727. The van der Waals surface area contributed by atoms with Gasteiger partial charge in [-0.3, -0.25) is 10.1 Å². The summed E-state index contributed by atoms with van der Waals surface area (Å²) in [5, 5.41) is 12.0. The molecule has 0 fully saturated rings. The average Bonchev–Trinajstić information content (AvgIpc) is 3.10. The van der Waals surface area contributed by atoms with E-state index in [0.717, 1.165) is 5.56 Å². The molecular formula is C18H17N3O3S. The van der Waals surface area contributed by atoms with Crippen LogP contribution in [0.4, 0.5) is 5.13 Å². The lowest BCUT2D eigenvalue weighted by molar-refractivity contribution is 0.102. The number of para-hydroxylation sites is 1. The van der Waals surface area contributed by atoms with Crippen molar-refractivity contribution in [3.8, 4) is 22.1 Å². The minimum atomic E-state index is -0.260. The average molecular weight is 355 g/mol. The lowest BCUT2D eigenvalue weighted by atomic mass is 10.2. The van der Waals surface area contributed by atoms with Crippen molar-refractivity contribution in [1.29, 1.82) is 0 Å². The molecule has 0 saturated carbocycles. The molecule has 0 aliphatic heterocycles. The monoisotopic (exact) mass is 355 g/mol. The molecule has 0 spiro atoms. The van der Waals surface area contributed by atoms with Gasteiger partial charge in [-0.2, -0.15) is 0 Å². The van der Waals surface area contributed by atoms with E-state index >= 15 is 0 Å². The molecule has 0 bridgehead atoms. The number of anilines is 1. The van der Waals surface area contributed by atoms with Gasteiger partial charge in [0.05, 0.1) is 19.3 Å². The number of hydrogen-bond acceptors (Lipinski definition) is 6. The largest absolute Gasteiger partial charge is 0.496 e. The fraction of sp³-hybridized carbons (Fsp3) is 0.167. The summed E-state index contributed by atoms with van der Waals surface area (Å²) in [5.41, 5.74) is 1.33. The predicted octanol–water partition coefficient (Wildman–Crippen LogP) is 3.86. The zero-order chi connectivity index (χ0) is 17.6. The number of hydrogen-bond donors (Lipinski definition) is 1. The van der Waals surface area contributed by atoms with Crippen molar-refractivity contribution >= 4 is 22.4 Å². The molecule has 1 heterocycles. The van der Waals surface area contributed by atoms with Gasteiger partial charge in [0.25, 0.3) is 5.91 Å². The second-order valence-corrected chi connectivity index (χ2v) is 6.01. The van der Waals surface area contributed by atoms with Gasteiger partial charge in [0.15, 0.2) is 5.01 Å². The number of amides is 1. The Hall–Kier alpha value is -2.93. The first-order valence-electron chi connectivity index (χ1n) is 7.72. The van der Waals surface area contributed by atoms with Gasteiger partial charge in [-0.1, -0.05) is 29.5 Å². The molecular weight excluding hydrogens is 338 g/mol. The highest BCUT2D eigenvalue weighted by atomic mass is 32.1. The molecule has 1 aromatic heterocycles. The SMILES string of the molecule is CCOc1cccc(C(=O)Nc2nnc(-c3ccccc3OC)s2)c1. The van der Waals surface area contributed by atoms with Gasteiger partial charge in [-0.15, -0.1) is 10.2 Å². The summed E-state index contributed by atoms with van der Waals surface area (Å²) in [6.45, 7) is 2.44. The van der Waals surface area contributed by atoms with Gasteiger partial charge >= 0.3 is 0 Å².